The Hall–Kier alpha value is -1.90. The molecule has 0 bridgehead atoms. The summed E-state index contributed by atoms with van der Waals surface area (Å²) in [6.07, 6.45) is -0.424. The lowest BCUT2D eigenvalue weighted by Crippen LogP contribution is -2.30. The van der Waals surface area contributed by atoms with Crippen LogP contribution < -0.4 is 9.46 Å². The summed E-state index contributed by atoms with van der Waals surface area (Å²) >= 11 is 0. The first-order chi connectivity index (χ1) is 11.3. The largest absolute Gasteiger partial charge is 0.497 e. The SMILES string of the molecule is COc1cccc(C(CNS(=O)(=O)c2c(C)nn(C)c2C)OC)c1. The van der Waals surface area contributed by atoms with Crippen molar-refractivity contribution in [2.75, 3.05) is 20.8 Å². The average molecular weight is 353 g/mol. The molecular formula is C16H23N3O4S. The van der Waals surface area contributed by atoms with Crippen LogP contribution in [0.3, 0.4) is 0 Å². The Morgan fingerprint density at radius 2 is 2.00 bits per heavy atom. The third-order valence-corrected chi connectivity index (χ3v) is 5.60. The molecule has 1 atom stereocenters. The van der Waals surface area contributed by atoms with Crippen LogP contribution in [0.5, 0.6) is 5.75 Å². The predicted octanol–water partition coefficient (Wildman–Crippen LogP) is 1.71. The number of methoxy groups -OCH3 is 2. The van der Waals surface area contributed by atoms with Gasteiger partial charge in [0.25, 0.3) is 0 Å². The van der Waals surface area contributed by atoms with E-state index in [2.05, 4.69) is 9.82 Å². The Morgan fingerprint density at radius 1 is 1.29 bits per heavy atom. The fourth-order valence-electron chi connectivity index (χ4n) is 2.58. The highest BCUT2D eigenvalue weighted by molar-refractivity contribution is 7.89. The monoisotopic (exact) mass is 353 g/mol. The van der Waals surface area contributed by atoms with Gasteiger partial charge in [0, 0.05) is 20.7 Å². The zero-order valence-electron chi connectivity index (χ0n) is 14.5. The maximum atomic E-state index is 12.6. The number of sulfonamides is 1. The number of aryl methyl sites for hydroxylation is 2. The van der Waals surface area contributed by atoms with E-state index in [-0.39, 0.29) is 11.4 Å². The second-order valence-corrected chi connectivity index (χ2v) is 7.18. The van der Waals surface area contributed by atoms with Crippen LogP contribution in [0.15, 0.2) is 29.2 Å². The van der Waals surface area contributed by atoms with Gasteiger partial charge in [-0.2, -0.15) is 5.10 Å². The van der Waals surface area contributed by atoms with E-state index in [1.165, 1.54) is 0 Å². The summed E-state index contributed by atoms with van der Waals surface area (Å²) in [5, 5.41) is 4.15. The Labute approximate surface area is 142 Å². The van der Waals surface area contributed by atoms with Gasteiger partial charge < -0.3 is 9.47 Å². The van der Waals surface area contributed by atoms with Crippen molar-refractivity contribution in [2.24, 2.45) is 7.05 Å². The van der Waals surface area contributed by atoms with E-state index in [0.29, 0.717) is 17.1 Å². The van der Waals surface area contributed by atoms with Gasteiger partial charge in [-0.3, -0.25) is 4.68 Å². The zero-order valence-corrected chi connectivity index (χ0v) is 15.3. The zero-order chi connectivity index (χ0) is 17.9. The Bertz CT molecular complexity index is 815. The van der Waals surface area contributed by atoms with Gasteiger partial charge in [0.15, 0.2) is 0 Å². The minimum atomic E-state index is -3.67. The van der Waals surface area contributed by atoms with Crippen molar-refractivity contribution in [2.45, 2.75) is 24.8 Å². The van der Waals surface area contributed by atoms with Crippen molar-refractivity contribution in [1.82, 2.24) is 14.5 Å². The molecule has 0 aliphatic carbocycles. The molecule has 1 heterocycles. The highest BCUT2D eigenvalue weighted by Crippen LogP contribution is 2.23. The summed E-state index contributed by atoms with van der Waals surface area (Å²) in [6, 6.07) is 7.35. The van der Waals surface area contributed by atoms with Crippen molar-refractivity contribution in [3.8, 4) is 5.75 Å². The van der Waals surface area contributed by atoms with Crippen LogP contribution in [-0.2, 0) is 21.8 Å². The Kier molecular flexibility index (Phi) is 5.63. The fraction of sp³-hybridized carbons (Fsp3) is 0.438. The lowest BCUT2D eigenvalue weighted by atomic mass is 10.1. The summed E-state index contributed by atoms with van der Waals surface area (Å²) in [7, 11) is 1.17. The minimum absolute atomic E-state index is 0.111. The van der Waals surface area contributed by atoms with E-state index in [1.54, 1.807) is 39.8 Å². The number of rotatable bonds is 7. The fourth-order valence-corrected chi connectivity index (χ4v) is 4.05. The average Bonchev–Trinajstić information content (AvgIpc) is 2.81. The molecule has 0 aliphatic heterocycles. The van der Waals surface area contributed by atoms with Gasteiger partial charge in [-0.15, -0.1) is 0 Å². The topological polar surface area (TPSA) is 82.5 Å². The van der Waals surface area contributed by atoms with Gasteiger partial charge in [0.1, 0.15) is 10.6 Å². The minimum Gasteiger partial charge on any atom is -0.497 e. The molecule has 2 aromatic rings. The van der Waals surface area contributed by atoms with Crippen LogP contribution in [0.25, 0.3) is 0 Å². The first-order valence-electron chi connectivity index (χ1n) is 7.46. The molecule has 0 saturated heterocycles. The number of hydrogen-bond acceptors (Lipinski definition) is 5. The van der Waals surface area contributed by atoms with Crippen LogP contribution in [0, 0.1) is 13.8 Å². The molecule has 0 spiro atoms. The smallest absolute Gasteiger partial charge is 0.244 e. The number of benzene rings is 1. The summed E-state index contributed by atoms with van der Waals surface area (Å²) in [6.45, 7) is 3.52. The van der Waals surface area contributed by atoms with Gasteiger partial charge in [0.05, 0.1) is 24.6 Å². The van der Waals surface area contributed by atoms with Gasteiger partial charge >= 0.3 is 0 Å². The van der Waals surface area contributed by atoms with Crippen LogP contribution >= 0.6 is 0 Å². The lowest BCUT2D eigenvalue weighted by Gasteiger charge is -2.17. The van der Waals surface area contributed by atoms with Crippen molar-refractivity contribution in [3.05, 3.63) is 41.2 Å². The van der Waals surface area contributed by atoms with E-state index in [4.69, 9.17) is 9.47 Å². The standard InChI is InChI=1S/C16H23N3O4S/c1-11-16(12(2)19(3)18-11)24(20,21)17-10-15(23-5)13-7-6-8-14(9-13)22-4/h6-9,15,17H,10H2,1-5H3. The molecule has 0 fully saturated rings. The molecule has 1 aromatic heterocycles. The normalized spacial score (nSPS) is 13.0. The van der Waals surface area contributed by atoms with Gasteiger partial charge in [0.2, 0.25) is 10.0 Å². The first kappa shape index (κ1) is 18.4. The molecule has 7 nitrogen and oxygen atoms in total. The van der Waals surface area contributed by atoms with Crippen LogP contribution in [-0.4, -0.2) is 39.0 Å². The number of aromatic nitrogens is 2. The molecule has 24 heavy (non-hydrogen) atoms. The first-order valence-corrected chi connectivity index (χ1v) is 8.95. The van der Waals surface area contributed by atoms with E-state index in [0.717, 1.165) is 5.56 Å². The van der Waals surface area contributed by atoms with Gasteiger partial charge in [-0.05, 0) is 31.5 Å². The highest BCUT2D eigenvalue weighted by atomic mass is 32.2. The van der Waals surface area contributed by atoms with Gasteiger partial charge in [-0.25, -0.2) is 13.1 Å². The third kappa shape index (κ3) is 3.77. The van der Waals surface area contributed by atoms with Crippen LogP contribution in [0.1, 0.15) is 23.1 Å². The second-order valence-electron chi connectivity index (χ2n) is 5.48. The highest BCUT2D eigenvalue weighted by Gasteiger charge is 2.25. The molecule has 132 valence electrons. The maximum absolute atomic E-state index is 12.6. The second kappa shape index (κ2) is 7.33. The Balaban J connectivity index is 2.20. The van der Waals surface area contributed by atoms with Crippen molar-refractivity contribution in [3.63, 3.8) is 0 Å². The summed E-state index contributed by atoms with van der Waals surface area (Å²) in [4.78, 5) is 0.213. The third-order valence-electron chi connectivity index (χ3n) is 3.92. The predicted molar refractivity (Wildman–Crippen MR) is 90.6 cm³/mol. The molecular weight excluding hydrogens is 330 g/mol. The lowest BCUT2D eigenvalue weighted by molar-refractivity contribution is 0.107. The van der Waals surface area contributed by atoms with Crippen LogP contribution in [0.4, 0.5) is 0 Å². The molecule has 1 aromatic carbocycles. The van der Waals surface area contributed by atoms with E-state index in [9.17, 15) is 8.42 Å². The van der Waals surface area contributed by atoms with E-state index < -0.39 is 16.1 Å². The summed E-state index contributed by atoms with van der Waals surface area (Å²) in [5.74, 6) is 0.691. The van der Waals surface area contributed by atoms with Crippen molar-refractivity contribution in [1.29, 1.82) is 0 Å². The van der Waals surface area contributed by atoms with Crippen molar-refractivity contribution < 1.29 is 17.9 Å². The van der Waals surface area contributed by atoms with E-state index >= 15 is 0 Å². The molecule has 0 amide bonds. The molecule has 0 aliphatic rings. The summed E-state index contributed by atoms with van der Waals surface area (Å²) in [5.41, 5.74) is 1.90. The van der Waals surface area contributed by atoms with Gasteiger partial charge in [-0.1, -0.05) is 12.1 Å². The maximum Gasteiger partial charge on any atom is 0.244 e. The molecule has 8 heteroatoms. The molecule has 0 radical (unpaired) electrons. The molecule has 0 saturated carbocycles. The quantitative estimate of drug-likeness (QED) is 0.819. The van der Waals surface area contributed by atoms with Crippen LogP contribution in [0.2, 0.25) is 0 Å². The summed E-state index contributed by atoms with van der Waals surface area (Å²) < 4.78 is 40.0. The molecule has 2 rings (SSSR count). The molecule has 1 N–H and O–H groups in total. The number of nitrogens with zero attached hydrogens (tertiary/aromatic N) is 2. The Morgan fingerprint density at radius 3 is 2.54 bits per heavy atom. The number of nitrogens with one attached hydrogen (secondary N) is 1. The number of hydrogen-bond donors (Lipinski definition) is 1. The van der Waals surface area contributed by atoms with E-state index in [1.807, 2.05) is 24.3 Å². The molecule has 1 unspecified atom stereocenters. The van der Waals surface area contributed by atoms with Crippen molar-refractivity contribution >= 4 is 10.0 Å². The number of ether oxygens (including phenoxy) is 2.